The number of sulfonamides is 1. The molecule has 0 aliphatic heterocycles. The summed E-state index contributed by atoms with van der Waals surface area (Å²) in [6.45, 7) is 0. The molecule has 0 amide bonds. The number of carboxylic acids is 1. The molecule has 1 heterocycles. The molecule has 0 aliphatic rings. The minimum atomic E-state index is -3.74. The normalized spacial score (nSPS) is 11.9. The van der Waals surface area contributed by atoms with Crippen molar-refractivity contribution in [3.63, 3.8) is 0 Å². The molecule has 0 fully saturated rings. The Kier molecular flexibility index (Phi) is 5.30. The topological polar surface area (TPSA) is 96.4 Å². The van der Waals surface area contributed by atoms with E-state index in [0.29, 0.717) is 11.3 Å². The van der Waals surface area contributed by atoms with E-state index in [9.17, 15) is 13.2 Å². The second-order valence-corrected chi connectivity index (χ2v) is 8.98. The summed E-state index contributed by atoms with van der Waals surface area (Å²) < 4.78 is 29.5. The first-order valence-corrected chi connectivity index (χ1v) is 10.9. The van der Waals surface area contributed by atoms with Gasteiger partial charge in [-0.2, -0.15) is 0 Å². The molecule has 0 aliphatic carbocycles. The van der Waals surface area contributed by atoms with Crippen molar-refractivity contribution in [2.45, 2.75) is 9.24 Å². The van der Waals surface area contributed by atoms with Gasteiger partial charge in [0.2, 0.25) is 0 Å². The van der Waals surface area contributed by atoms with E-state index in [1.165, 1.54) is 29.5 Å². The SMILES string of the molecule is CSc1nc2ccc(NS(=O)(=O)c3ccc(/C=C/C(=O)O)cc3)cc2s1. The molecule has 0 spiro atoms. The average Bonchev–Trinajstić information content (AvgIpc) is 3.02. The predicted molar refractivity (Wildman–Crippen MR) is 105 cm³/mol. The molecule has 9 heteroatoms. The number of rotatable bonds is 6. The minimum Gasteiger partial charge on any atom is -0.478 e. The van der Waals surface area contributed by atoms with E-state index in [1.807, 2.05) is 6.26 Å². The Morgan fingerprint density at radius 1 is 1.23 bits per heavy atom. The van der Waals surface area contributed by atoms with Crippen molar-refractivity contribution in [3.05, 3.63) is 54.1 Å². The molecule has 2 N–H and O–H groups in total. The van der Waals surface area contributed by atoms with Crippen LogP contribution in [0.1, 0.15) is 5.56 Å². The van der Waals surface area contributed by atoms with Crippen LogP contribution >= 0.6 is 23.1 Å². The van der Waals surface area contributed by atoms with Gasteiger partial charge in [-0.3, -0.25) is 4.72 Å². The lowest BCUT2D eigenvalue weighted by atomic mass is 10.2. The maximum absolute atomic E-state index is 12.5. The highest BCUT2D eigenvalue weighted by Gasteiger charge is 2.14. The molecule has 1 aromatic heterocycles. The Morgan fingerprint density at radius 3 is 2.62 bits per heavy atom. The van der Waals surface area contributed by atoms with E-state index in [0.717, 1.165) is 20.6 Å². The van der Waals surface area contributed by atoms with Crippen molar-refractivity contribution in [2.75, 3.05) is 11.0 Å². The zero-order chi connectivity index (χ0) is 18.7. The summed E-state index contributed by atoms with van der Waals surface area (Å²) in [5.41, 5.74) is 1.89. The number of hydrogen-bond acceptors (Lipinski definition) is 6. The second kappa shape index (κ2) is 7.48. The third kappa shape index (κ3) is 4.24. The van der Waals surface area contributed by atoms with Crippen LogP contribution in [0, 0.1) is 0 Å². The summed E-state index contributed by atoms with van der Waals surface area (Å²) in [6.07, 6.45) is 4.33. The average molecular weight is 407 g/mol. The number of fused-ring (bicyclic) bond motifs is 1. The number of hydrogen-bond donors (Lipinski definition) is 2. The highest BCUT2D eigenvalue weighted by molar-refractivity contribution is 8.00. The number of thioether (sulfide) groups is 1. The zero-order valence-electron chi connectivity index (χ0n) is 13.5. The van der Waals surface area contributed by atoms with E-state index in [2.05, 4.69) is 9.71 Å². The highest BCUT2D eigenvalue weighted by atomic mass is 32.2. The van der Waals surface area contributed by atoms with Gasteiger partial charge in [-0.15, -0.1) is 11.3 Å². The van der Waals surface area contributed by atoms with Gasteiger partial charge in [0.25, 0.3) is 10.0 Å². The first kappa shape index (κ1) is 18.4. The van der Waals surface area contributed by atoms with Gasteiger partial charge >= 0.3 is 5.97 Å². The number of nitrogens with zero attached hydrogens (tertiary/aromatic N) is 1. The van der Waals surface area contributed by atoms with E-state index < -0.39 is 16.0 Å². The van der Waals surface area contributed by atoms with Crippen molar-refractivity contribution in [1.82, 2.24) is 4.98 Å². The number of benzene rings is 2. The second-order valence-electron chi connectivity index (χ2n) is 5.21. The Morgan fingerprint density at radius 2 is 1.96 bits per heavy atom. The monoisotopic (exact) mass is 406 g/mol. The van der Waals surface area contributed by atoms with Crippen LogP contribution in [-0.4, -0.2) is 30.7 Å². The van der Waals surface area contributed by atoms with Crippen molar-refractivity contribution in [3.8, 4) is 0 Å². The summed E-state index contributed by atoms with van der Waals surface area (Å²) in [5, 5.41) is 8.62. The minimum absolute atomic E-state index is 0.0965. The van der Waals surface area contributed by atoms with Crippen LogP contribution in [0.5, 0.6) is 0 Å². The Balaban J connectivity index is 1.83. The van der Waals surface area contributed by atoms with E-state index in [4.69, 9.17) is 5.11 Å². The molecule has 0 unspecified atom stereocenters. The van der Waals surface area contributed by atoms with Crippen molar-refractivity contribution >= 4 is 61.1 Å². The van der Waals surface area contributed by atoms with Crippen LogP contribution < -0.4 is 4.72 Å². The predicted octanol–water partition coefficient (Wildman–Crippen LogP) is 3.92. The Hall–Kier alpha value is -2.36. The summed E-state index contributed by atoms with van der Waals surface area (Å²) in [5.74, 6) is -1.06. The molecule has 3 rings (SSSR count). The van der Waals surface area contributed by atoms with Gasteiger partial charge in [0.15, 0.2) is 4.34 Å². The Bertz CT molecular complexity index is 1090. The van der Waals surface area contributed by atoms with E-state index in [1.54, 1.807) is 42.1 Å². The lowest BCUT2D eigenvalue weighted by molar-refractivity contribution is -0.131. The number of nitrogens with one attached hydrogen (secondary N) is 1. The number of anilines is 1. The molecule has 0 saturated carbocycles. The van der Waals surface area contributed by atoms with E-state index >= 15 is 0 Å². The van der Waals surface area contributed by atoms with Crippen molar-refractivity contribution < 1.29 is 18.3 Å². The van der Waals surface area contributed by atoms with Gasteiger partial charge < -0.3 is 5.11 Å². The van der Waals surface area contributed by atoms with Crippen LogP contribution in [0.3, 0.4) is 0 Å². The Labute approximate surface area is 158 Å². The fourth-order valence-corrected chi connectivity index (χ4v) is 4.77. The van der Waals surface area contributed by atoms with E-state index in [-0.39, 0.29) is 4.90 Å². The molecule has 0 bridgehead atoms. The molecule has 134 valence electrons. The molecule has 26 heavy (non-hydrogen) atoms. The lowest BCUT2D eigenvalue weighted by Gasteiger charge is -2.08. The van der Waals surface area contributed by atoms with Gasteiger partial charge in [0, 0.05) is 6.08 Å². The van der Waals surface area contributed by atoms with Gasteiger partial charge in [-0.1, -0.05) is 23.9 Å². The summed E-state index contributed by atoms with van der Waals surface area (Å²) >= 11 is 3.05. The fraction of sp³-hybridized carbons (Fsp3) is 0.0588. The summed E-state index contributed by atoms with van der Waals surface area (Å²) in [4.78, 5) is 15.0. The number of carboxylic acid groups (broad SMARTS) is 1. The molecular formula is C17H14N2O4S3. The first-order chi connectivity index (χ1) is 12.4. The molecule has 0 radical (unpaired) electrons. The molecule has 0 atom stereocenters. The van der Waals surface area contributed by atoms with Crippen LogP contribution in [0.2, 0.25) is 0 Å². The third-order valence-corrected chi connectivity index (χ3v) is 6.80. The maximum atomic E-state index is 12.5. The third-order valence-electron chi connectivity index (χ3n) is 3.40. The first-order valence-electron chi connectivity index (χ1n) is 7.36. The van der Waals surface area contributed by atoms with Crippen LogP contribution in [0.15, 0.2) is 57.8 Å². The fourth-order valence-electron chi connectivity index (χ4n) is 2.19. The molecule has 2 aromatic carbocycles. The van der Waals surface area contributed by atoms with Crippen LogP contribution in [-0.2, 0) is 14.8 Å². The lowest BCUT2D eigenvalue weighted by Crippen LogP contribution is -2.12. The summed E-state index contributed by atoms with van der Waals surface area (Å²) in [7, 11) is -3.74. The molecule has 6 nitrogen and oxygen atoms in total. The molecule has 0 saturated heterocycles. The quantitative estimate of drug-likeness (QED) is 0.476. The van der Waals surface area contributed by atoms with Crippen molar-refractivity contribution in [2.24, 2.45) is 0 Å². The maximum Gasteiger partial charge on any atom is 0.328 e. The standard InChI is InChI=1S/C17H14N2O4S3/c1-24-17-18-14-8-5-12(10-15(14)25-17)19-26(22,23)13-6-2-11(3-7-13)4-9-16(20)21/h2-10,19H,1H3,(H,20,21)/b9-4+. The largest absolute Gasteiger partial charge is 0.478 e. The smallest absolute Gasteiger partial charge is 0.328 e. The number of aromatic nitrogens is 1. The van der Waals surface area contributed by atoms with Crippen LogP contribution in [0.4, 0.5) is 5.69 Å². The zero-order valence-corrected chi connectivity index (χ0v) is 16.0. The number of thiazole rings is 1. The van der Waals surface area contributed by atoms with Crippen LogP contribution in [0.25, 0.3) is 16.3 Å². The van der Waals surface area contributed by atoms with Gasteiger partial charge in [0.05, 0.1) is 20.8 Å². The van der Waals surface area contributed by atoms with Gasteiger partial charge in [0.1, 0.15) is 0 Å². The molecule has 3 aromatic rings. The van der Waals surface area contributed by atoms with Gasteiger partial charge in [-0.05, 0) is 48.2 Å². The van der Waals surface area contributed by atoms with Gasteiger partial charge in [-0.25, -0.2) is 18.2 Å². The highest BCUT2D eigenvalue weighted by Crippen LogP contribution is 2.30. The summed E-state index contributed by atoms with van der Waals surface area (Å²) in [6, 6.07) is 11.2. The number of carbonyl (C=O) groups is 1. The molecular weight excluding hydrogens is 392 g/mol. The van der Waals surface area contributed by atoms with Crippen molar-refractivity contribution in [1.29, 1.82) is 0 Å². The number of aliphatic carboxylic acids is 1.